The third-order valence-electron chi connectivity index (χ3n) is 5.06. The van der Waals surface area contributed by atoms with Gasteiger partial charge >= 0.3 is 0 Å². The predicted molar refractivity (Wildman–Crippen MR) is 110 cm³/mol. The first-order valence-electron chi connectivity index (χ1n) is 9.86. The zero-order chi connectivity index (χ0) is 19.2. The Kier molecular flexibility index (Phi) is 6.38. The van der Waals surface area contributed by atoms with Crippen molar-refractivity contribution in [1.29, 1.82) is 0 Å². The largest absolute Gasteiger partial charge is 0.491 e. The van der Waals surface area contributed by atoms with E-state index in [1.165, 1.54) is 11.3 Å². The third-order valence-corrected chi connectivity index (χ3v) is 5.06. The second kappa shape index (κ2) is 8.94. The van der Waals surface area contributed by atoms with Crippen molar-refractivity contribution in [1.82, 2.24) is 5.32 Å². The van der Waals surface area contributed by atoms with Crippen molar-refractivity contribution in [3.63, 3.8) is 0 Å². The lowest BCUT2D eigenvalue weighted by atomic mass is 9.89. The summed E-state index contributed by atoms with van der Waals surface area (Å²) in [6.07, 6.45) is 2.53. The molecule has 0 saturated carbocycles. The van der Waals surface area contributed by atoms with E-state index in [1.807, 2.05) is 13.8 Å². The van der Waals surface area contributed by atoms with E-state index in [4.69, 9.17) is 4.74 Å². The minimum absolute atomic E-state index is 0.00949. The molecular formula is C23H30N2O2. The number of rotatable bonds is 6. The Morgan fingerprint density at radius 1 is 1.07 bits per heavy atom. The fraction of sp³-hybridized carbons (Fsp3) is 0.435. The lowest BCUT2D eigenvalue weighted by Crippen LogP contribution is -2.32. The van der Waals surface area contributed by atoms with E-state index in [-0.39, 0.29) is 12.0 Å². The van der Waals surface area contributed by atoms with Crippen LogP contribution in [0.4, 0.5) is 5.69 Å². The fourth-order valence-electron chi connectivity index (χ4n) is 3.61. The summed E-state index contributed by atoms with van der Waals surface area (Å²) in [6.45, 7) is 8.39. The number of hydrogen-bond donors (Lipinski definition) is 1. The van der Waals surface area contributed by atoms with Gasteiger partial charge in [0.15, 0.2) is 0 Å². The van der Waals surface area contributed by atoms with Gasteiger partial charge in [0.05, 0.1) is 6.10 Å². The summed E-state index contributed by atoms with van der Waals surface area (Å²) in [7, 11) is 0. The highest BCUT2D eigenvalue weighted by atomic mass is 16.5. The summed E-state index contributed by atoms with van der Waals surface area (Å²) in [5, 5.41) is 2.84. The molecule has 0 aliphatic carbocycles. The maximum Gasteiger partial charge on any atom is 0.217 e. The van der Waals surface area contributed by atoms with Crippen LogP contribution in [-0.2, 0) is 11.3 Å². The number of piperidine rings is 1. The summed E-state index contributed by atoms with van der Waals surface area (Å²) in [5.41, 5.74) is 3.83. The maximum atomic E-state index is 11.0. The van der Waals surface area contributed by atoms with Crippen molar-refractivity contribution in [3.05, 3.63) is 59.7 Å². The SMILES string of the molecule is CC(=O)NCc1ccc(C2CCN(c3ccc(OC(C)C)cc3)CC2)cc1. The predicted octanol–water partition coefficient (Wildman–Crippen LogP) is 4.49. The monoisotopic (exact) mass is 366 g/mol. The van der Waals surface area contributed by atoms with E-state index in [0.717, 1.165) is 37.2 Å². The van der Waals surface area contributed by atoms with Gasteiger partial charge in [0.1, 0.15) is 5.75 Å². The second-order valence-corrected chi connectivity index (χ2v) is 7.57. The molecule has 0 unspecified atom stereocenters. The molecule has 3 rings (SSSR count). The Bertz CT molecular complexity index is 730. The Labute approximate surface area is 162 Å². The first-order valence-corrected chi connectivity index (χ1v) is 9.86. The summed E-state index contributed by atoms with van der Waals surface area (Å²) in [6, 6.07) is 17.1. The Hall–Kier alpha value is -2.49. The molecule has 1 aliphatic heterocycles. The molecule has 1 amide bonds. The van der Waals surface area contributed by atoms with Crippen molar-refractivity contribution in [2.24, 2.45) is 0 Å². The number of hydrogen-bond acceptors (Lipinski definition) is 3. The highest BCUT2D eigenvalue weighted by Gasteiger charge is 2.20. The average molecular weight is 367 g/mol. The zero-order valence-corrected chi connectivity index (χ0v) is 16.6. The quantitative estimate of drug-likeness (QED) is 0.819. The van der Waals surface area contributed by atoms with Gasteiger partial charge in [0, 0.05) is 32.2 Å². The van der Waals surface area contributed by atoms with E-state index >= 15 is 0 Å². The Morgan fingerprint density at radius 3 is 2.26 bits per heavy atom. The zero-order valence-electron chi connectivity index (χ0n) is 16.6. The van der Waals surface area contributed by atoms with E-state index in [0.29, 0.717) is 12.5 Å². The highest BCUT2D eigenvalue weighted by Crippen LogP contribution is 2.31. The molecule has 4 nitrogen and oxygen atoms in total. The van der Waals surface area contributed by atoms with Crippen molar-refractivity contribution in [2.75, 3.05) is 18.0 Å². The van der Waals surface area contributed by atoms with Crippen molar-refractivity contribution < 1.29 is 9.53 Å². The summed E-state index contributed by atoms with van der Waals surface area (Å²) in [4.78, 5) is 13.5. The van der Waals surface area contributed by atoms with E-state index in [2.05, 4.69) is 58.7 Å². The molecule has 2 aromatic rings. The molecule has 0 atom stereocenters. The first kappa shape index (κ1) is 19.3. The van der Waals surface area contributed by atoms with Crippen LogP contribution in [0.5, 0.6) is 5.75 Å². The summed E-state index contributed by atoms with van der Waals surface area (Å²) >= 11 is 0. The van der Waals surface area contributed by atoms with Gasteiger partial charge < -0.3 is 15.0 Å². The standard InChI is InChI=1S/C23H30N2O2/c1-17(2)27-23-10-8-22(9-11-23)25-14-12-21(13-15-25)20-6-4-19(5-7-20)16-24-18(3)26/h4-11,17,21H,12-16H2,1-3H3,(H,24,26). The molecule has 0 bridgehead atoms. The second-order valence-electron chi connectivity index (χ2n) is 7.57. The third kappa shape index (κ3) is 5.49. The minimum atomic E-state index is 0.00949. The lowest BCUT2D eigenvalue weighted by molar-refractivity contribution is -0.119. The van der Waals surface area contributed by atoms with Gasteiger partial charge in [-0.1, -0.05) is 24.3 Å². The summed E-state index contributed by atoms with van der Waals surface area (Å²) < 4.78 is 5.73. The fourth-order valence-corrected chi connectivity index (χ4v) is 3.61. The first-order chi connectivity index (χ1) is 13.0. The van der Waals surface area contributed by atoms with Gasteiger partial charge in [0.25, 0.3) is 0 Å². The maximum absolute atomic E-state index is 11.0. The van der Waals surface area contributed by atoms with Crippen molar-refractivity contribution >= 4 is 11.6 Å². The van der Waals surface area contributed by atoms with Gasteiger partial charge in [-0.05, 0) is 68.0 Å². The van der Waals surface area contributed by atoms with Crippen LogP contribution in [-0.4, -0.2) is 25.1 Å². The number of benzene rings is 2. The van der Waals surface area contributed by atoms with Crippen LogP contribution >= 0.6 is 0 Å². The molecule has 0 radical (unpaired) electrons. The highest BCUT2D eigenvalue weighted by molar-refractivity contribution is 5.72. The van der Waals surface area contributed by atoms with Crippen LogP contribution in [0.2, 0.25) is 0 Å². The van der Waals surface area contributed by atoms with Crippen LogP contribution in [0.15, 0.2) is 48.5 Å². The van der Waals surface area contributed by atoms with Gasteiger partial charge in [-0.3, -0.25) is 4.79 Å². The smallest absolute Gasteiger partial charge is 0.217 e. The average Bonchev–Trinajstić information content (AvgIpc) is 2.67. The normalized spacial score (nSPS) is 15.0. The number of carbonyl (C=O) groups excluding carboxylic acids is 1. The molecule has 4 heteroatoms. The van der Waals surface area contributed by atoms with Gasteiger partial charge in [-0.2, -0.15) is 0 Å². The molecule has 2 aromatic carbocycles. The summed E-state index contributed by atoms with van der Waals surface area (Å²) in [5.74, 6) is 1.55. The molecule has 0 spiro atoms. The lowest BCUT2D eigenvalue weighted by Gasteiger charge is -2.34. The number of carbonyl (C=O) groups is 1. The molecule has 0 aromatic heterocycles. The number of ether oxygens (including phenoxy) is 1. The number of anilines is 1. The number of nitrogens with one attached hydrogen (secondary N) is 1. The minimum Gasteiger partial charge on any atom is -0.491 e. The molecule has 1 heterocycles. The molecule has 27 heavy (non-hydrogen) atoms. The van der Waals surface area contributed by atoms with Crippen LogP contribution in [0.25, 0.3) is 0 Å². The van der Waals surface area contributed by atoms with E-state index in [9.17, 15) is 4.79 Å². The van der Waals surface area contributed by atoms with Gasteiger partial charge in [0.2, 0.25) is 5.91 Å². The van der Waals surface area contributed by atoms with Crippen LogP contribution in [0, 0.1) is 0 Å². The molecule has 1 N–H and O–H groups in total. The van der Waals surface area contributed by atoms with Crippen molar-refractivity contribution in [2.45, 2.75) is 52.2 Å². The van der Waals surface area contributed by atoms with Gasteiger partial charge in [-0.15, -0.1) is 0 Å². The van der Waals surface area contributed by atoms with E-state index in [1.54, 1.807) is 6.92 Å². The topological polar surface area (TPSA) is 41.6 Å². The molecular weight excluding hydrogens is 336 g/mol. The van der Waals surface area contributed by atoms with Crippen LogP contribution in [0.1, 0.15) is 50.7 Å². The Morgan fingerprint density at radius 2 is 1.70 bits per heavy atom. The van der Waals surface area contributed by atoms with Crippen molar-refractivity contribution in [3.8, 4) is 5.75 Å². The number of amides is 1. The van der Waals surface area contributed by atoms with Gasteiger partial charge in [-0.25, -0.2) is 0 Å². The number of nitrogens with zero attached hydrogens (tertiary/aromatic N) is 1. The van der Waals surface area contributed by atoms with E-state index < -0.39 is 0 Å². The Balaban J connectivity index is 1.53. The molecule has 1 aliphatic rings. The van der Waals surface area contributed by atoms with Crippen LogP contribution in [0.3, 0.4) is 0 Å². The van der Waals surface area contributed by atoms with Crippen LogP contribution < -0.4 is 15.0 Å². The molecule has 144 valence electrons. The molecule has 1 saturated heterocycles. The molecule has 1 fully saturated rings.